The van der Waals surface area contributed by atoms with E-state index in [4.69, 9.17) is 4.98 Å². The number of nitrogens with one attached hydrogen (secondary N) is 1. The maximum absolute atomic E-state index is 4.71. The highest BCUT2D eigenvalue weighted by molar-refractivity contribution is 5.35. The lowest BCUT2D eigenvalue weighted by Crippen LogP contribution is -2.30. The Kier molecular flexibility index (Phi) is 4.75. The molecule has 0 saturated carbocycles. The molecule has 1 fully saturated rings. The number of anilines is 1. The van der Waals surface area contributed by atoms with Gasteiger partial charge in [0.25, 0.3) is 0 Å². The second-order valence-corrected chi connectivity index (χ2v) is 5.71. The van der Waals surface area contributed by atoms with Gasteiger partial charge in [-0.25, -0.2) is 9.97 Å². The van der Waals surface area contributed by atoms with E-state index in [-0.39, 0.29) is 0 Å². The summed E-state index contributed by atoms with van der Waals surface area (Å²) in [6.07, 6.45) is 5.70. The summed E-state index contributed by atoms with van der Waals surface area (Å²) in [6, 6.07) is 1.11. The molecule has 4 heteroatoms. The van der Waals surface area contributed by atoms with E-state index in [1.54, 1.807) is 0 Å². The molecule has 0 radical (unpaired) electrons. The van der Waals surface area contributed by atoms with E-state index in [0.29, 0.717) is 12.1 Å². The third-order valence-electron chi connectivity index (χ3n) is 3.87. The minimum Gasteiger partial charge on any atom is -0.338 e. The van der Waals surface area contributed by atoms with E-state index in [9.17, 15) is 0 Å². The zero-order chi connectivity index (χ0) is 13.8. The molecule has 106 valence electrons. The molecule has 1 aliphatic rings. The molecule has 0 spiro atoms. The summed E-state index contributed by atoms with van der Waals surface area (Å²) in [4.78, 5) is 11.6. The highest BCUT2D eigenvalue weighted by Crippen LogP contribution is 2.24. The van der Waals surface area contributed by atoms with Crippen LogP contribution < -0.4 is 10.2 Å². The van der Waals surface area contributed by atoms with Gasteiger partial charge in [-0.2, -0.15) is 0 Å². The van der Waals surface area contributed by atoms with Gasteiger partial charge in [0.15, 0.2) is 0 Å². The minimum atomic E-state index is 0.488. The first-order valence-corrected chi connectivity index (χ1v) is 7.44. The molecule has 0 aromatic carbocycles. The van der Waals surface area contributed by atoms with Gasteiger partial charge in [0, 0.05) is 42.6 Å². The van der Waals surface area contributed by atoms with Crippen LogP contribution in [0.5, 0.6) is 0 Å². The topological polar surface area (TPSA) is 41.1 Å². The first kappa shape index (κ1) is 14.3. The van der Waals surface area contributed by atoms with E-state index in [0.717, 1.165) is 24.7 Å². The predicted molar refractivity (Wildman–Crippen MR) is 79.4 cm³/mol. The maximum Gasteiger partial charge on any atom is 0.225 e. The van der Waals surface area contributed by atoms with Gasteiger partial charge in [0.05, 0.1) is 0 Å². The van der Waals surface area contributed by atoms with Crippen LogP contribution in [-0.2, 0) is 6.54 Å². The third kappa shape index (κ3) is 3.44. The fourth-order valence-corrected chi connectivity index (χ4v) is 2.63. The highest BCUT2D eigenvalue weighted by atomic mass is 15.3. The van der Waals surface area contributed by atoms with Gasteiger partial charge in [-0.15, -0.1) is 0 Å². The van der Waals surface area contributed by atoms with Crippen LogP contribution in [0.25, 0.3) is 0 Å². The number of hydrogen-bond donors (Lipinski definition) is 1. The van der Waals surface area contributed by atoms with Crippen molar-refractivity contribution in [3.63, 3.8) is 0 Å². The van der Waals surface area contributed by atoms with Crippen LogP contribution >= 0.6 is 0 Å². The van der Waals surface area contributed by atoms with Gasteiger partial charge in [-0.05, 0) is 26.2 Å². The summed E-state index contributed by atoms with van der Waals surface area (Å²) in [7, 11) is 0. The first-order chi connectivity index (χ1) is 9.11. The van der Waals surface area contributed by atoms with Crippen LogP contribution in [0.2, 0.25) is 0 Å². The fraction of sp³-hybridized carbons (Fsp3) is 0.733. The lowest BCUT2D eigenvalue weighted by molar-refractivity contribution is 0.583. The van der Waals surface area contributed by atoms with E-state index in [1.807, 2.05) is 6.20 Å². The smallest absolute Gasteiger partial charge is 0.225 e. The van der Waals surface area contributed by atoms with Crippen molar-refractivity contribution in [2.24, 2.45) is 0 Å². The van der Waals surface area contributed by atoms with Crippen molar-refractivity contribution in [1.29, 1.82) is 0 Å². The largest absolute Gasteiger partial charge is 0.338 e. The Morgan fingerprint density at radius 1 is 1.47 bits per heavy atom. The molecular formula is C15H26N4. The first-order valence-electron chi connectivity index (χ1n) is 7.44. The van der Waals surface area contributed by atoms with Crippen molar-refractivity contribution in [3.8, 4) is 0 Å². The summed E-state index contributed by atoms with van der Waals surface area (Å²) < 4.78 is 0. The molecule has 0 aliphatic carbocycles. The summed E-state index contributed by atoms with van der Waals surface area (Å²) in [5.74, 6) is 0.912. The molecule has 0 amide bonds. The molecule has 1 unspecified atom stereocenters. The number of aryl methyl sites for hydroxylation is 1. The van der Waals surface area contributed by atoms with Crippen molar-refractivity contribution in [1.82, 2.24) is 15.3 Å². The van der Waals surface area contributed by atoms with E-state index in [2.05, 4.69) is 42.9 Å². The predicted octanol–water partition coefficient (Wildman–Crippen LogP) is 2.66. The molecule has 2 heterocycles. The van der Waals surface area contributed by atoms with Crippen molar-refractivity contribution < 1.29 is 0 Å². The monoisotopic (exact) mass is 262 g/mol. The molecule has 1 aromatic heterocycles. The average Bonchev–Trinajstić information content (AvgIpc) is 2.85. The molecule has 1 saturated heterocycles. The summed E-state index contributed by atoms with van der Waals surface area (Å²) in [5.41, 5.74) is 2.30. The molecule has 1 aliphatic heterocycles. The van der Waals surface area contributed by atoms with Gasteiger partial charge in [-0.1, -0.05) is 20.8 Å². The fourth-order valence-electron chi connectivity index (χ4n) is 2.63. The van der Waals surface area contributed by atoms with Crippen molar-refractivity contribution in [2.75, 3.05) is 11.4 Å². The second-order valence-electron chi connectivity index (χ2n) is 5.71. The third-order valence-corrected chi connectivity index (χ3v) is 3.87. The van der Waals surface area contributed by atoms with E-state index < -0.39 is 0 Å². The summed E-state index contributed by atoms with van der Waals surface area (Å²) in [5, 5.41) is 3.42. The van der Waals surface area contributed by atoms with Crippen molar-refractivity contribution >= 4 is 5.95 Å². The summed E-state index contributed by atoms with van der Waals surface area (Å²) >= 11 is 0. The number of aromatic nitrogens is 2. The van der Waals surface area contributed by atoms with Crippen LogP contribution in [0.4, 0.5) is 5.95 Å². The SMILES string of the molecule is CCC1CCCN1c1ncc(CNC(C)C)c(C)n1. The Labute approximate surface area is 116 Å². The van der Waals surface area contributed by atoms with Crippen molar-refractivity contribution in [3.05, 3.63) is 17.5 Å². The van der Waals surface area contributed by atoms with Crippen LogP contribution in [0.3, 0.4) is 0 Å². The highest BCUT2D eigenvalue weighted by Gasteiger charge is 2.25. The Hall–Kier alpha value is -1.16. The van der Waals surface area contributed by atoms with Gasteiger partial charge >= 0.3 is 0 Å². The average molecular weight is 262 g/mol. The molecule has 4 nitrogen and oxygen atoms in total. The zero-order valence-electron chi connectivity index (χ0n) is 12.6. The lowest BCUT2D eigenvalue weighted by atomic mass is 10.2. The van der Waals surface area contributed by atoms with Crippen LogP contribution in [0.15, 0.2) is 6.20 Å². The minimum absolute atomic E-state index is 0.488. The Bertz CT molecular complexity index is 417. The number of nitrogens with zero attached hydrogens (tertiary/aromatic N) is 3. The number of rotatable bonds is 5. The Morgan fingerprint density at radius 2 is 2.26 bits per heavy atom. The zero-order valence-corrected chi connectivity index (χ0v) is 12.6. The van der Waals surface area contributed by atoms with E-state index in [1.165, 1.54) is 24.8 Å². The van der Waals surface area contributed by atoms with Crippen LogP contribution in [0.1, 0.15) is 51.3 Å². The molecule has 2 rings (SSSR count). The lowest BCUT2D eigenvalue weighted by Gasteiger charge is -2.24. The molecule has 1 aromatic rings. The van der Waals surface area contributed by atoms with Crippen molar-refractivity contribution in [2.45, 2.75) is 65.6 Å². The number of hydrogen-bond acceptors (Lipinski definition) is 4. The van der Waals surface area contributed by atoms with Crippen LogP contribution in [0, 0.1) is 6.92 Å². The van der Waals surface area contributed by atoms with Gasteiger partial charge < -0.3 is 10.2 Å². The Balaban J connectivity index is 2.10. The Morgan fingerprint density at radius 3 is 2.89 bits per heavy atom. The molecular weight excluding hydrogens is 236 g/mol. The van der Waals surface area contributed by atoms with Gasteiger partial charge in [0.2, 0.25) is 5.95 Å². The maximum atomic E-state index is 4.71. The normalized spacial score (nSPS) is 19.4. The van der Waals surface area contributed by atoms with E-state index >= 15 is 0 Å². The van der Waals surface area contributed by atoms with Gasteiger partial charge in [0.1, 0.15) is 0 Å². The van der Waals surface area contributed by atoms with Crippen LogP contribution in [-0.4, -0.2) is 28.6 Å². The second kappa shape index (κ2) is 6.33. The summed E-state index contributed by atoms with van der Waals surface area (Å²) in [6.45, 7) is 10.6. The molecule has 0 bridgehead atoms. The quantitative estimate of drug-likeness (QED) is 0.885. The molecule has 1 N–H and O–H groups in total. The molecule has 19 heavy (non-hydrogen) atoms. The molecule has 1 atom stereocenters. The standard InChI is InChI=1S/C15H26N4/c1-5-14-7-6-8-19(14)15-17-10-13(12(4)18-15)9-16-11(2)3/h10-11,14,16H,5-9H2,1-4H3. The van der Waals surface area contributed by atoms with Gasteiger partial charge in [-0.3, -0.25) is 0 Å².